The van der Waals surface area contributed by atoms with E-state index in [9.17, 15) is 0 Å². The number of ether oxygens (including phenoxy) is 2. The predicted molar refractivity (Wildman–Crippen MR) is 81.2 cm³/mol. The first-order valence-corrected chi connectivity index (χ1v) is 7.29. The molecule has 1 aliphatic rings. The summed E-state index contributed by atoms with van der Waals surface area (Å²) >= 11 is 1.55. The Kier molecular flexibility index (Phi) is 2.93. The first-order chi connectivity index (χ1) is 10.4. The maximum Gasteiger partial charge on any atom is 0.231 e. The van der Waals surface area contributed by atoms with Crippen LogP contribution in [0.5, 0.6) is 11.5 Å². The predicted octanol–water partition coefficient (Wildman–Crippen LogP) is 3.68. The van der Waals surface area contributed by atoms with E-state index in [0.29, 0.717) is 0 Å². The molecular weight excluding hydrogens is 286 g/mol. The molecule has 1 N–H and O–H groups in total. The third-order valence-electron chi connectivity index (χ3n) is 3.16. The molecule has 0 saturated carbocycles. The van der Waals surface area contributed by atoms with Gasteiger partial charge in [-0.25, -0.2) is 4.98 Å². The van der Waals surface area contributed by atoms with Crippen LogP contribution in [0.25, 0.3) is 11.1 Å². The quantitative estimate of drug-likeness (QED) is 0.799. The summed E-state index contributed by atoms with van der Waals surface area (Å²) in [7, 11) is 0. The van der Waals surface area contributed by atoms with Gasteiger partial charge < -0.3 is 14.8 Å². The molecule has 21 heavy (non-hydrogen) atoms. The second-order valence-electron chi connectivity index (χ2n) is 4.43. The van der Waals surface area contributed by atoms with Crippen LogP contribution in [-0.2, 0) is 0 Å². The van der Waals surface area contributed by atoms with Gasteiger partial charge in [-0.2, -0.15) is 0 Å². The van der Waals surface area contributed by atoms with Crippen LogP contribution in [0.4, 0.5) is 10.8 Å². The number of nitrogens with zero attached hydrogens (tertiary/aromatic N) is 2. The van der Waals surface area contributed by atoms with E-state index in [1.54, 1.807) is 23.7 Å². The Balaban J connectivity index is 1.87. The SMILES string of the molecule is c1cncc(-c2c(Nc3nccs3)ccc3c2OCO3)c1. The van der Waals surface area contributed by atoms with Crippen molar-refractivity contribution in [3.8, 4) is 22.6 Å². The van der Waals surface area contributed by atoms with Crippen LogP contribution in [-0.4, -0.2) is 16.8 Å². The minimum absolute atomic E-state index is 0.239. The monoisotopic (exact) mass is 297 g/mol. The van der Waals surface area contributed by atoms with E-state index < -0.39 is 0 Å². The number of pyridine rings is 1. The molecule has 0 atom stereocenters. The summed E-state index contributed by atoms with van der Waals surface area (Å²) in [5, 5.41) is 6.09. The highest BCUT2D eigenvalue weighted by molar-refractivity contribution is 7.13. The van der Waals surface area contributed by atoms with E-state index in [-0.39, 0.29) is 6.79 Å². The molecule has 0 radical (unpaired) electrons. The standard InChI is InChI=1S/C15H11N3O2S/c1-2-10(8-16-5-1)13-11(18-15-17-6-7-21-15)3-4-12-14(13)20-9-19-12/h1-8H,9H2,(H,17,18). The third kappa shape index (κ3) is 2.19. The van der Waals surface area contributed by atoms with Crippen LogP contribution in [0.3, 0.4) is 0 Å². The first-order valence-electron chi connectivity index (χ1n) is 6.41. The van der Waals surface area contributed by atoms with Crippen molar-refractivity contribution >= 4 is 22.2 Å². The molecule has 0 aliphatic carbocycles. The zero-order valence-corrected chi connectivity index (χ0v) is 11.8. The molecule has 4 rings (SSSR count). The van der Waals surface area contributed by atoms with Crippen molar-refractivity contribution in [2.75, 3.05) is 12.1 Å². The van der Waals surface area contributed by atoms with Crippen molar-refractivity contribution in [1.82, 2.24) is 9.97 Å². The van der Waals surface area contributed by atoms with Crippen LogP contribution in [0.2, 0.25) is 0 Å². The highest BCUT2D eigenvalue weighted by atomic mass is 32.1. The Morgan fingerprint density at radius 1 is 1.14 bits per heavy atom. The molecule has 0 bridgehead atoms. The maximum atomic E-state index is 5.64. The van der Waals surface area contributed by atoms with Gasteiger partial charge in [0.15, 0.2) is 16.6 Å². The number of thiazole rings is 1. The molecule has 0 amide bonds. The molecule has 0 saturated heterocycles. The van der Waals surface area contributed by atoms with Gasteiger partial charge in [-0.3, -0.25) is 4.98 Å². The fourth-order valence-electron chi connectivity index (χ4n) is 2.27. The summed E-state index contributed by atoms with van der Waals surface area (Å²) in [6, 6.07) is 7.77. The second kappa shape index (κ2) is 5.06. The summed E-state index contributed by atoms with van der Waals surface area (Å²) in [6.45, 7) is 0.239. The first kappa shape index (κ1) is 12.2. The molecule has 0 spiro atoms. The number of nitrogens with one attached hydrogen (secondary N) is 1. The number of hydrogen-bond acceptors (Lipinski definition) is 6. The van der Waals surface area contributed by atoms with Gasteiger partial charge >= 0.3 is 0 Å². The fraction of sp³-hybridized carbons (Fsp3) is 0.0667. The van der Waals surface area contributed by atoms with Crippen LogP contribution in [0.15, 0.2) is 48.2 Å². The van der Waals surface area contributed by atoms with E-state index in [4.69, 9.17) is 9.47 Å². The Bertz CT molecular complexity index is 760. The average Bonchev–Trinajstić information content (AvgIpc) is 3.19. The molecule has 3 heterocycles. The van der Waals surface area contributed by atoms with Gasteiger partial charge in [0.25, 0.3) is 0 Å². The number of fused-ring (bicyclic) bond motifs is 1. The minimum Gasteiger partial charge on any atom is -0.454 e. The summed E-state index contributed by atoms with van der Waals surface area (Å²) in [5.41, 5.74) is 2.83. The number of aromatic nitrogens is 2. The van der Waals surface area contributed by atoms with Crippen molar-refractivity contribution in [3.63, 3.8) is 0 Å². The molecule has 0 fully saturated rings. The van der Waals surface area contributed by atoms with Gasteiger partial charge in [-0.1, -0.05) is 6.07 Å². The average molecular weight is 297 g/mol. The zero-order valence-electron chi connectivity index (χ0n) is 10.9. The Hall–Kier alpha value is -2.60. The smallest absolute Gasteiger partial charge is 0.231 e. The van der Waals surface area contributed by atoms with Crippen molar-refractivity contribution in [2.45, 2.75) is 0 Å². The molecule has 0 unspecified atom stereocenters. The van der Waals surface area contributed by atoms with Gasteiger partial charge in [-0.15, -0.1) is 11.3 Å². The molecule has 104 valence electrons. The lowest BCUT2D eigenvalue weighted by Crippen LogP contribution is -1.96. The molecule has 2 aromatic heterocycles. The molecule has 1 aliphatic heterocycles. The Morgan fingerprint density at radius 3 is 2.95 bits per heavy atom. The fourth-order valence-corrected chi connectivity index (χ4v) is 2.82. The molecular formula is C15H11N3O2S. The topological polar surface area (TPSA) is 56.3 Å². The minimum atomic E-state index is 0.239. The second-order valence-corrected chi connectivity index (χ2v) is 5.32. The third-order valence-corrected chi connectivity index (χ3v) is 3.85. The van der Waals surface area contributed by atoms with Crippen LogP contribution < -0.4 is 14.8 Å². The summed E-state index contributed by atoms with van der Waals surface area (Å²) in [4.78, 5) is 8.45. The summed E-state index contributed by atoms with van der Waals surface area (Å²) in [6.07, 6.45) is 5.33. The normalized spacial score (nSPS) is 12.4. The number of benzene rings is 1. The summed E-state index contributed by atoms with van der Waals surface area (Å²) < 4.78 is 11.1. The lowest BCUT2D eigenvalue weighted by molar-refractivity contribution is 0.174. The Labute approximate surface area is 125 Å². The molecule has 6 heteroatoms. The summed E-state index contributed by atoms with van der Waals surface area (Å²) in [5.74, 6) is 1.49. The van der Waals surface area contributed by atoms with Gasteiger partial charge in [0.2, 0.25) is 6.79 Å². The van der Waals surface area contributed by atoms with E-state index >= 15 is 0 Å². The van der Waals surface area contributed by atoms with E-state index in [0.717, 1.165) is 33.4 Å². The molecule has 1 aromatic carbocycles. The van der Waals surface area contributed by atoms with Gasteiger partial charge in [0.05, 0.1) is 11.3 Å². The van der Waals surface area contributed by atoms with Gasteiger partial charge in [-0.05, 0) is 18.2 Å². The van der Waals surface area contributed by atoms with Crippen molar-refractivity contribution in [3.05, 3.63) is 48.2 Å². The number of anilines is 2. The molecule has 3 aromatic rings. The van der Waals surface area contributed by atoms with Crippen LogP contribution in [0, 0.1) is 0 Å². The van der Waals surface area contributed by atoms with Crippen LogP contribution >= 0.6 is 11.3 Å². The van der Waals surface area contributed by atoms with Crippen LogP contribution in [0.1, 0.15) is 0 Å². The largest absolute Gasteiger partial charge is 0.454 e. The van der Waals surface area contributed by atoms with Gasteiger partial charge in [0, 0.05) is 29.5 Å². The lowest BCUT2D eigenvalue weighted by atomic mass is 10.0. The van der Waals surface area contributed by atoms with E-state index in [2.05, 4.69) is 15.3 Å². The highest BCUT2D eigenvalue weighted by Crippen LogP contribution is 2.46. The zero-order chi connectivity index (χ0) is 14.1. The maximum absolute atomic E-state index is 5.64. The Morgan fingerprint density at radius 2 is 2.14 bits per heavy atom. The molecule has 5 nitrogen and oxygen atoms in total. The van der Waals surface area contributed by atoms with E-state index in [1.807, 2.05) is 35.8 Å². The number of rotatable bonds is 3. The van der Waals surface area contributed by atoms with Crippen molar-refractivity contribution in [2.24, 2.45) is 0 Å². The van der Waals surface area contributed by atoms with Crippen molar-refractivity contribution < 1.29 is 9.47 Å². The lowest BCUT2D eigenvalue weighted by Gasteiger charge is -2.12. The van der Waals surface area contributed by atoms with Crippen molar-refractivity contribution in [1.29, 1.82) is 0 Å². The highest BCUT2D eigenvalue weighted by Gasteiger charge is 2.22. The number of hydrogen-bond donors (Lipinski definition) is 1. The van der Waals surface area contributed by atoms with Gasteiger partial charge in [0.1, 0.15) is 0 Å². The van der Waals surface area contributed by atoms with E-state index in [1.165, 1.54) is 0 Å².